The summed E-state index contributed by atoms with van der Waals surface area (Å²) in [5.74, 6) is 1.17. The van der Waals surface area contributed by atoms with Crippen molar-refractivity contribution in [3.8, 4) is 0 Å². The van der Waals surface area contributed by atoms with Gasteiger partial charge in [0.25, 0.3) is 0 Å². The van der Waals surface area contributed by atoms with Gasteiger partial charge in [-0.15, -0.1) is 0 Å². The Balaban J connectivity index is 2.02. The van der Waals surface area contributed by atoms with Crippen LogP contribution in [0.15, 0.2) is 18.5 Å². The Morgan fingerprint density at radius 3 is 3.18 bits per heavy atom. The topological polar surface area (TPSA) is 59.5 Å². The molecule has 1 aliphatic rings. The van der Waals surface area contributed by atoms with Gasteiger partial charge in [-0.3, -0.25) is 0 Å². The van der Waals surface area contributed by atoms with Crippen LogP contribution >= 0.6 is 0 Å². The molecule has 0 aliphatic carbocycles. The molecular weight excluding hydrogens is 214 g/mol. The molecule has 17 heavy (non-hydrogen) atoms. The first kappa shape index (κ1) is 10.5. The van der Waals surface area contributed by atoms with E-state index in [1.807, 2.05) is 6.20 Å². The number of likely N-dealkylation sites (N-methyl/N-ethyl adjacent to an activating group) is 1. The molecule has 0 saturated carbocycles. The third-order valence-electron chi connectivity index (χ3n) is 3.52. The molecule has 5 nitrogen and oxygen atoms in total. The van der Waals surface area contributed by atoms with Crippen molar-refractivity contribution in [3.63, 3.8) is 0 Å². The van der Waals surface area contributed by atoms with Crippen molar-refractivity contribution in [1.29, 1.82) is 0 Å². The number of rotatable bonds is 1. The third-order valence-corrected chi connectivity index (χ3v) is 3.52. The molecular formula is C12H17N5. The summed E-state index contributed by atoms with van der Waals surface area (Å²) >= 11 is 0. The van der Waals surface area contributed by atoms with Gasteiger partial charge in [0.1, 0.15) is 5.82 Å². The van der Waals surface area contributed by atoms with Crippen LogP contribution in [0.5, 0.6) is 0 Å². The molecule has 0 bridgehead atoms. The number of anilines is 1. The molecule has 0 radical (unpaired) electrons. The Hall–Kier alpha value is -1.62. The van der Waals surface area contributed by atoms with Crippen molar-refractivity contribution in [3.05, 3.63) is 24.0 Å². The average molecular weight is 231 g/mol. The van der Waals surface area contributed by atoms with Gasteiger partial charge < -0.3 is 10.6 Å². The van der Waals surface area contributed by atoms with Gasteiger partial charge in [0.2, 0.25) is 0 Å². The normalized spacial score (nSPS) is 22.1. The lowest BCUT2D eigenvalue weighted by atomic mass is 9.93. The minimum absolute atomic E-state index is 0.528. The van der Waals surface area contributed by atoms with Crippen LogP contribution in [0.2, 0.25) is 0 Å². The van der Waals surface area contributed by atoms with E-state index in [1.165, 1.54) is 24.9 Å². The first-order valence-electron chi connectivity index (χ1n) is 6.02. The van der Waals surface area contributed by atoms with Crippen LogP contribution in [0.3, 0.4) is 0 Å². The van der Waals surface area contributed by atoms with Crippen LogP contribution in [0, 0.1) is 0 Å². The van der Waals surface area contributed by atoms with E-state index in [9.17, 15) is 0 Å². The largest absolute Gasteiger partial charge is 0.384 e. The van der Waals surface area contributed by atoms with Crippen molar-refractivity contribution in [1.82, 2.24) is 19.5 Å². The molecule has 1 unspecified atom stereocenters. The fourth-order valence-corrected chi connectivity index (χ4v) is 2.64. The maximum Gasteiger partial charge on any atom is 0.160 e. The molecule has 3 rings (SSSR count). The number of aromatic nitrogens is 3. The highest BCUT2D eigenvalue weighted by Gasteiger charge is 2.22. The summed E-state index contributed by atoms with van der Waals surface area (Å²) in [5, 5.41) is 4.33. The zero-order chi connectivity index (χ0) is 11.8. The predicted octanol–water partition coefficient (Wildman–Crippen LogP) is 1.12. The minimum atomic E-state index is 0.528. The van der Waals surface area contributed by atoms with E-state index < -0.39 is 0 Å². The molecule has 0 spiro atoms. The van der Waals surface area contributed by atoms with Crippen molar-refractivity contribution >= 4 is 11.5 Å². The summed E-state index contributed by atoms with van der Waals surface area (Å²) < 4.78 is 1.73. The summed E-state index contributed by atoms with van der Waals surface area (Å²) in [6.07, 6.45) is 6.12. The Morgan fingerprint density at radius 1 is 1.47 bits per heavy atom. The molecule has 5 heteroatoms. The van der Waals surface area contributed by atoms with Gasteiger partial charge in [-0.1, -0.05) is 0 Å². The fourth-order valence-electron chi connectivity index (χ4n) is 2.64. The number of hydrogen-bond donors (Lipinski definition) is 1. The van der Waals surface area contributed by atoms with Crippen LogP contribution in [0.25, 0.3) is 5.65 Å². The lowest BCUT2D eigenvalue weighted by Crippen LogP contribution is -2.30. The smallest absolute Gasteiger partial charge is 0.160 e. The van der Waals surface area contributed by atoms with E-state index in [4.69, 9.17) is 5.73 Å². The maximum absolute atomic E-state index is 5.88. The van der Waals surface area contributed by atoms with Crippen LogP contribution in [-0.2, 0) is 0 Å². The molecule has 2 aromatic heterocycles. The molecule has 2 aromatic rings. The quantitative estimate of drug-likeness (QED) is 0.799. The number of nitrogens with zero attached hydrogens (tertiary/aromatic N) is 4. The van der Waals surface area contributed by atoms with E-state index in [0.29, 0.717) is 11.7 Å². The third kappa shape index (κ3) is 1.76. The highest BCUT2D eigenvalue weighted by Crippen LogP contribution is 2.28. The Labute approximate surface area is 100 Å². The van der Waals surface area contributed by atoms with Gasteiger partial charge in [0.15, 0.2) is 5.65 Å². The van der Waals surface area contributed by atoms with Crippen molar-refractivity contribution < 1.29 is 0 Å². The lowest BCUT2D eigenvalue weighted by molar-refractivity contribution is 0.251. The van der Waals surface area contributed by atoms with Crippen molar-refractivity contribution in [2.75, 3.05) is 25.9 Å². The predicted molar refractivity (Wildman–Crippen MR) is 66.9 cm³/mol. The number of nitrogens with two attached hydrogens (primary N) is 1. The zero-order valence-corrected chi connectivity index (χ0v) is 10.0. The van der Waals surface area contributed by atoms with Gasteiger partial charge in [0, 0.05) is 24.2 Å². The number of piperidine rings is 1. The molecule has 0 aromatic carbocycles. The Bertz CT molecular complexity index is 533. The first-order valence-corrected chi connectivity index (χ1v) is 6.02. The number of fused-ring (bicyclic) bond motifs is 1. The number of hydrogen-bond acceptors (Lipinski definition) is 4. The monoisotopic (exact) mass is 231 g/mol. The molecule has 0 amide bonds. The Kier molecular flexibility index (Phi) is 2.48. The van der Waals surface area contributed by atoms with E-state index in [0.717, 1.165) is 12.2 Å². The second kappa shape index (κ2) is 4.00. The average Bonchev–Trinajstić information content (AvgIpc) is 2.74. The standard InChI is InChI=1S/C12H17N5/c1-16-6-2-3-9(8-16)10-7-15-17-11(13)4-5-14-12(10)17/h4-5,7,9H,2-3,6,8,13H2,1H3. The molecule has 3 heterocycles. The highest BCUT2D eigenvalue weighted by atomic mass is 15.3. The molecule has 90 valence electrons. The van der Waals surface area contributed by atoms with Crippen molar-refractivity contribution in [2.24, 2.45) is 0 Å². The van der Waals surface area contributed by atoms with Crippen LogP contribution in [0.4, 0.5) is 5.82 Å². The van der Waals surface area contributed by atoms with E-state index >= 15 is 0 Å². The second-order valence-electron chi connectivity index (χ2n) is 4.81. The van der Waals surface area contributed by atoms with E-state index in [1.54, 1.807) is 16.8 Å². The Morgan fingerprint density at radius 2 is 2.35 bits per heavy atom. The van der Waals surface area contributed by atoms with Crippen molar-refractivity contribution in [2.45, 2.75) is 18.8 Å². The summed E-state index contributed by atoms with van der Waals surface area (Å²) in [7, 11) is 2.17. The van der Waals surface area contributed by atoms with Gasteiger partial charge in [-0.25, -0.2) is 4.98 Å². The van der Waals surface area contributed by atoms with Gasteiger partial charge >= 0.3 is 0 Å². The van der Waals surface area contributed by atoms with E-state index in [-0.39, 0.29) is 0 Å². The van der Waals surface area contributed by atoms with Crippen LogP contribution in [0.1, 0.15) is 24.3 Å². The molecule has 1 fully saturated rings. The second-order valence-corrected chi connectivity index (χ2v) is 4.81. The summed E-state index contributed by atoms with van der Waals surface area (Å²) in [5.41, 5.74) is 8.01. The van der Waals surface area contributed by atoms with Gasteiger partial charge in [-0.2, -0.15) is 9.61 Å². The SMILES string of the molecule is CN1CCCC(c2cnn3c(N)ccnc23)C1. The molecule has 2 N–H and O–H groups in total. The van der Waals surface area contributed by atoms with Gasteiger partial charge in [0.05, 0.1) is 6.20 Å². The first-order chi connectivity index (χ1) is 8.25. The highest BCUT2D eigenvalue weighted by molar-refractivity contribution is 5.52. The van der Waals surface area contributed by atoms with Crippen LogP contribution in [-0.4, -0.2) is 39.6 Å². The summed E-state index contributed by atoms with van der Waals surface area (Å²) in [4.78, 5) is 6.77. The zero-order valence-electron chi connectivity index (χ0n) is 10.0. The lowest BCUT2D eigenvalue weighted by Gasteiger charge is -2.29. The fraction of sp³-hybridized carbons (Fsp3) is 0.500. The number of likely N-dealkylation sites (tertiary alicyclic amines) is 1. The van der Waals surface area contributed by atoms with E-state index in [2.05, 4.69) is 22.0 Å². The molecule has 1 saturated heterocycles. The maximum atomic E-state index is 5.88. The molecule has 1 atom stereocenters. The van der Waals surface area contributed by atoms with Gasteiger partial charge in [-0.05, 0) is 32.5 Å². The van der Waals surface area contributed by atoms with Crippen LogP contribution < -0.4 is 5.73 Å². The molecule has 1 aliphatic heterocycles. The number of nitrogen functional groups attached to an aromatic ring is 1. The minimum Gasteiger partial charge on any atom is -0.384 e. The summed E-state index contributed by atoms with van der Waals surface area (Å²) in [6.45, 7) is 2.27. The summed E-state index contributed by atoms with van der Waals surface area (Å²) in [6, 6.07) is 1.77.